The zero-order valence-corrected chi connectivity index (χ0v) is 16.9. The zero-order valence-electron chi connectivity index (χ0n) is 16.9. The van der Waals surface area contributed by atoms with Gasteiger partial charge in [-0.1, -0.05) is 61.2 Å². The Morgan fingerprint density at radius 3 is 2.37 bits per heavy atom. The zero-order chi connectivity index (χ0) is 19.2. The number of carbonyl (C=O) groups is 1. The van der Waals surface area contributed by atoms with Crippen LogP contribution < -0.4 is 10.2 Å². The van der Waals surface area contributed by atoms with Gasteiger partial charge >= 0.3 is 0 Å². The molecule has 0 heterocycles. The van der Waals surface area contributed by atoms with Gasteiger partial charge in [0, 0.05) is 18.3 Å². The molecule has 0 aliphatic heterocycles. The van der Waals surface area contributed by atoms with E-state index in [-0.39, 0.29) is 11.9 Å². The number of carbonyl (C=O) groups excluding carboxylic acids is 1. The van der Waals surface area contributed by atoms with E-state index in [1.807, 2.05) is 0 Å². The van der Waals surface area contributed by atoms with E-state index >= 15 is 0 Å². The smallest absolute Gasteiger partial charge is 0.247 e. The van der Waals surface area contributed by atoms with Gasteiger partial charge in [-0.15, -0.1) is 0 Å². The second-order valence-electron chi connectivity index (χ2n) is 7.78. The Bertz CT molecular complexity index is 747. The van der Waals surface area contributed by atoms with Crippen molar-refractivity contribution < 1.29 is 4.79 Å². The molecule has 2 aromatic carbocycles. The molecule has 3 rings (SSSR count). The second-order valence-corrected chi connectivity index (χ2v) is 7.78. The lowest BCUT2D eigenvalue weighted by molar-refractivity contribution is -0.123. The lowest BCUT2D eigenvalue weighted by atomic mass is 9.94. The third-order valence-corrected chi connectivity index (χ3v) is 5.58. The minimum absolute atomic E-state index is 0.120. The van der Waals surface area contributed by atoms with E-state index in [0.717, 1.165) is 30.6 Å². The van der Waals surface area contributed by atoms with E-state index < -0.39 is 0 Å². The van der Waals surface area contributed by atoms with Gasteiger partial charge in [0.05, 0.1) is 0 Å². The summed E-state index contributed by atoms with van der Waals surface area (Å²) in [5.74, 6) is 0.120. The van der Waals surface area contributed by atoms with Crippen molar-refractivity contribution >= 4 is 11.6 Å². The molecule has 144 valence electrons. The quantitative estimate of drug-likeness (QED) is 0.752. The molecule has 1 saturated carbocycles. The number of amides is 1. The van der Waals surface area contributed by atoms with Crippen LogP contribution in [0.5, 0.6) is 0 Å². The number of benzene rings is 2. The van der Waals surface area contributed by atoms with Crippen LogP contribution in [0.25, 0.3) is 0 Å². The highest BCUT2D eigenvalue weighted by atomic mass is 16.2. The number of anilines is 1. The van der Waals surface area contributed by atoms with Crippen molar-refractivity contribution in [1.29, 1.82) is 0 Å². The van der Waals surface area contributed by atoms with Crippen LogP contribution in [0.2, 0.25) is 0 Å². The normalized spacial score (nSPS) is 16.0. The van der Waals surface area contributed by atoms with Crippen LogP contribution in [0.3, 0.4) is 0 Å². The predicted octanol–water partition coefficient (Wildman–Crippen LogP) is 5.32. The van der Waals surface area contributed by atoms with Gasteiger partial charge in [-0.2, -0.15) is 0 Å². The molecule has 1 aliphatic carbocycles. The summed E-state index contributed by atoms with van der Waals surface area (Å²) in [4.78, 5) is 15.6. The summed E-state index contributed by atoms with van der Waals surface area (Å²) in [5.41, 5.74) is 4.57. The fraction of sp³-hybridized carbons (Fsp3) is 0.458. The first-order valence-corrected chi connectivity index (χ1v) is 10.3. The number of rotatable bonds is 6. The summed E-state index contributed by atoms with van der Waals surface area (Å²) in [6.07, 6.45) is 5.93. The topological polar surface area (TPSA) is 32.3 Å². The average Bonchev–Trinajstić information content (AvgIpc) is 2.67. The monoisotopic (exact) mass is 364 g/mol. The summed E-state index contributed by atoms with van der Waals surface area (Å²) < 4.78 is 0. The Morgan fingerprint density at radius 1 is 1.04 bits per heavy atom. The first kappa shape index (κ1) is 19.5. The molecule has 1 atom stereocenters. The molecule has 1 amide bonds. The van der Waals surface area contributed by atoms with Crippen molar-refractivity contribution in [2.45, 2.75) is 65.0 Å². The molecule has 1 N–H and O–H groups in total. The van der Waals surface area contributed by atoms with Crippen molar-refractivity contribution in [1.82, 2.24) is 5.32 Å². The molecular formula is C24H32N2O. The van der Waals surface area contributed by atoms with E-state index in [1.165, 1.54) is 30.4 Å². The molecular weight excluding hydrogens is 332 g/mol. The molecule has 0 spiro atoms. The summed E-state index contributed by atoms with van der Waals surface area (Å²) in [6.45, 7) is 7.08. The molecule has 3 nitrogen and oxygen atoms in total. The van der Waals surface area contributed by atoms with Crippen molar-refractivity contribution in [3.8, 4) is 0 Å². The number of hydrogen-bond donors (Lipinski definition) is 1. The summed E-state index contributed by atoms with van der Waals surface area (Å²) >= 11 is 0. The number of nitrogens with zero attached hydrogens (tertiary/aromatic N) is 1. The first-order chi connectivity index (χ1) is 13.1. The fourth-order valence-corrected chi connectivity index (χ4v) is 4.07. The van der Waals surface area contributed by atoms with E-state index in [2.05, 4.69) is 79.5 Å². The minimum atomic E-state index is -0.306. The molecule has 1 aliphatic rings. The molecule has 0 bridgehead atoms. The lowest BCUT2D eigenvalue weighted by Crippen LogP contribution is -2.45. The SMILES string of the molecule is CCN(c1cccc(C)c1)[C@H](C(=O)NC1CCCCC1)c1ccc(C)cc1. The minimum Gasteiger partial charge on any atom is -0.356 e. The van der Waals surface area contributed by atoms with Crippen LogP contribution in [0.1, 0.15) is 61.8 Å². The van der Waals surface area contributed by atoms with Crippen LogP contribution in [-0.4, -0.2) is 18.5 Å². The van der Waals surface area contributed by atoms with Crippen molar-refractivity contribution in [3.05, 3.63) is 65.2 Å². The van der Waals surface area contributed by atoms with Crippen molar-refractivity contribution in [2.75, 3.05) is 11.4 Å². The van der Waals surface area contributed by atoms with Gasteiger partial charge in [-0.3, -0.25) is 4.79 Å². The highest BCUT2D eigenvalue weighted by Gasteiger charge is 2.29. The van der Waals surface area contributed by atoms with Gasteiger partial charge in [0.2, 0.25) is 5.91 Å². The number of nitrogens with one attached hydrogen (secondary N) is 1. The average molecular weight is 365 g/mol. The largest absolute Gasteiger partial charge is 0.356 e. The van der Waals surface area contributed by atoms with Crippen molar-refractivity contribution in [3.63, 3.8) is 0 Å². The molecule has 0 unspecified atom stereocenters. The van der Waals surface area contributed by atoms with Gasteiger partial charge in [0.15, 0.2) is 0 Å². The molecule has 3 heteroatoms. The third-order valence-electron chi connectivity index (χ3n) is 5.58. The molecule has 0 aromatic heterocycles. The van der Waals surface area contributed by atoms with Crippen LogP contribution in [0, 0.1) is 13.8 Å². The Labute approximate surface area is 163 Å². The van der Waals surface area contributed by atoms with Crippen LogP contribution in [-0.2, 0) is 4.79 Å². The van der Waals surface area contributed by atoms with E-state index in [4.69, 9.17) is 0 Å². The van der Waals surface area contributed by atoms with Crippen LogP contribution in [0.4, 0.5) is 5.69 Å². The molecule has 27 heavy (non-hydrogen) atoms. The van der Waals surface area contributed by atoms with E-state index in [0.29, 0.717) is 6.04 Å². The Morgan fingerprint density at radius 2 is 1.74 bits per heavy atom. The highest BCUT2D eigenvalue weighted by Crippen LogP contribution is 2.29. The number of hydrogen-bond acceptors (Lipinski definition) is 2. The number of aryl methyl sites for hydroxylation is 2. The molecule has 0 radical (unpaired) electrons. The third kappa shape index (κ3) is 4.91. The standard InChI is InChI=1S/C24H32N2O/c1-4-26(22-12-8-9-19(3)17-22)23(20-15-13-18(2)14-16-20)24(27)25-21-10-6-5-7-11-21/h8-9,12-17,21,23H,4-7,10-11H2,1-3H3,(H,25,27)/t23-/m0/s1. The van der Waals surface area contributed by atoms with Gasteiger partial charge in [-0.25, -0.2) is 0 Å². The molecule has 1 fully saturated rings. The second kappa shape index (κ2) is 9.07. The van der Waals surface area contributed by atoms with Gasteiger partial charge in [0.1, 0.15) is 6.04 Å². The predicted molar refractivity (Wildman–Crippen MR) is 113 cm³/mol. The van der Waals surface area contributed by atoms with E-state index in [9.17, 15) is 4.79 Å². The first-order valence-electron chi connectivity index (χ1n) is 10.3. The lowest BCUT2D eigenvalue weighted by Gasteiger charge is -2.34. The van der Waals surface area contributed by atoms with E-state index in [1.54, 1.807) is 0 Å². The van der Waals surface area contributed by atoms with Gasteiger partial charge in [-0.05, 0) is 56.9 Å². The number of likely N-dealkylation sites (N-methyl/N-ethyl adjacent to an activating group) is 1. The maximum atomic E-state index is 13.4. The van der Waals surface area contributed by atoms with Gasteiger partial charge < -0.3 is 10.2 Å². The summed E-state index contributed by atoms with van der Waals surface area (Å²) in [5, 5.41) is 3.35. The Kier molecular flexibility index (Phi) is 6.54. The fourth-order valence-electron chi connectivity index (χ4n) is 4.07. The highest BCUT2D eigenvalue weighted by molar-refractivity contribution is 5.87. The maximum absolute atomic E-state index is 13.4. The van der Waals surface area contributed by atoms with Crippen molar-refractivity contribution in [2.24, 2.45) is 0 Å². The van der Waals surface area contributed by atoms with Gasteiger partial charge in [0.25, 0.3) is 0 Å². The summed E-state index contributed by atoms with van der Waals surface area (Å²) in [6, 6.07) is 16.8. The van der Waals surface area contributed by atoms with Crippen LogP contribution >= 0.6 is 0 Å². The Balaban J connectivity index is 1.92. The maximum Gasteiger partial charge on any atom is 0.247 e. The van der Waals surface area contributed by atoms with Crippen LogP contribution in [0.15, 0.2) is 48.5 Å². The molecule has 0 saturated heterocycles. The molecule has 2 aromatic rings. The Hall–Kier alpha value is -2.29. The summed E-state index contributed by atoms with van der Waals surface area (Å²) in [7, 11) is 0.